The maximum absolute atomic E-state index is 12.8. The average Bonchev–Trinajstić information content (AvgIpc) is 3.59. The lowest BCUT2D eigenvalue weighted by Gasteiger charge is -2.12. The summed E-state index contributed by atoms with van der Waals surface area (Å²) in [7, 11) is 0. The molecule has 0 aliphatic heterocycles. The summed E-state index contributed by atoms with van der Waals surface area (Å²) in [5, 5.41) is 17.7. The van der Waals surface area contributed by atoms with Gasteiger partial charge < -0.3 is 13.4 Å². The highest BCUT2D eigenvalue weighted by Gasteiger charge is 2.27. The van der Waals surface area contributed by atoms with E-state index >= 15 is 0 Å². The second-order valence-electron chi connectivity index (χ2n) is 7.27. The van der Waals surface area contributed by atoms with Crippen LogP contribution in [0.4, 0.5) is 13.2 Å². The van der Waals surface area contributed by atoms with Crippen LogP contribution in [-0.4, -0.2) is 10.7 Å². The normalized spacial score (nSPS) is 12.2. The third kappa shape index (κ3) is 6.44. The van der Waals surface area contributed by atoms with Gasteiger partial charge in [-0.3, -0.25) is 0 Å². The molecule has 0 N–H and O–H groups in total. The number of halogens is 3. The SMILES string of the molecule is [C-]#[N+]/C(C#N)=C\C=C\c1ccc(-c2ccc(-c3ccc(/C=C(\C#N)[N+]#[C-])o3)n2CCCC(F)(F)F)o1. The highest BCUT2D eigenvalue weighted by molar-refractivity contribution is 5.67. The lowest BCUT2D eigenvalue weighted by atomic mass is 10.2. The monoisotopic (exact) mass is 487 g/mol. The van der Waals surface area contributed by atoms with E-state index in [0.29, 0.717) is 28.7 Å². The molecule has 0 aliphatic carbocycles. The first kappa shape index (κ1) is 25.4. The van der Waals surface area contributed by atoms with Gasteiger partial charge in [0.2, 0.25) is 0 Å². The largest absolute Gasteiger partial charge is 0.456 e. The Morgan fingerprint density at radius 3 is 2.06 bits per heavy atom. The topological polar surface area (TPSA) is 87.5 Å². The minimum Gasteiger partial charge on any atom is -0.456 e. The van der Waals surface area contributed by atoms with Crippen molar-refractivity contribution in [3.8, 4) is 35.0 Å². The van der Waals surface area contributed by atoms with E-state index in [-0.39, 0.29) is 30.1 Å². The number of hydrogen-bond acceptors (Lipinski definition) is 4. The number of hydrogen-bond donors (Lipinski definition) is 0. The van der Waals surface area contributed by atoms with Crippen molar-refractivity contribution in [1.82, 2.24) is 4.57 Å². The molecule has 0 saturated heterocycles. The number of alkyl halides is 3. The molecule has 0 saturated carbocycles. The molecule has 36 heavy (non-hydrogen) atoms. The smallest absolute Gasteiger partial charge is 0.389 e. The molecular weight excluding hydrogens is 471 g/mol. The fourth-order valence-electron chi connectivity index (χ4n) is 3.28. The maximum atomic E-state index is 12.8. The molecule has 3 aromatic rings. The molecule has 0 bridgehead atoms. The van der Waals surface area contributed by atoms with Crippen molar-refractivity contribution in [2.75, 3.05) is 0 Å². The van der Waals surface area contributed by atoms with E-state index in [1.807, 2.05) is 0 Å². The Kier molecular flexibility index (Phi) is 7.98. The Hall–Kier alpha value is -5.19. The quantitative estimate of drug-likeness (QED) is 0.187. The molecule has 0 unspecified atom stereocenters. The molecule has 178 valence electrons. The van der Waals surface area contributed by atoms with Crippen LogP contribution in [0.25, 0.3) is 44.8 Å². The van der Waals surface area contributed by atoms with Crippen molar-refractivity contribution >= 4 is 12.2 Å². The van der Waals surface area contributed by atoms with Gasteiger partial charge in [-0.15, -0.1) is 0 Å². The van der Waals surface area contributed by atoms with Crippen LogP contribution in [0.2, 0.25) is 0 Å². The molecule has 0 amide bonds. The summed E-state index contributed by atoms with van der Waals surface area (Å²) in [6.45, 7) is 13.9. The Bertz CT molecular complexity index is 1470. The van der Waals surface area contributed by atoms with E-state index < -0.39 is 12.6 Å². The Morgan fingerprint density at radius 1 is 0.917 bits per heavy atom. The van der Waals surface area contributed by atoms with Gasteiger partial charge in [-0.25, -0.2) is 20.2 Å². The third-order valence-corrected chi connectivity index (χ3v) is 4.84. The summed E-state index contributed by atoms with van der Waals surface area (Å²) >= 11 is 0. The molecule has 0 aromatic carbocycles. The molecule has 0 fully saturated rings. The molecule has 0 spiro atoms. The fourth-order valence-corrected chi connectivity index (χ4v) is 3.28. The van der Waals surface area contributed by atoms with Crippen LogP contribution in [0.15, 0.2) is 68.8 Å². The first-order valence-electron chi connectivity index (χ1n) is 10.4. The molecule has 0 aliphatic rings. The summed E-state index contributed by atoms with van der Waals surface area (Å²) in [6.07, 6.45) is 0.221. The molecular formula is C26H16F3N5O2. The number of nitrogens with zero attached hydrogens (tertiary/aromatic N) is 5. The van der Waals surface area contributed by atoms with Gasteiger partial charge in [0.25, 0.3) is 11.4 Å². The van der Waals surface area contributed by atoms with E-state index in [4.69, 9.17) is 32.5 Å². The standard InChI is InChI=1S/C26H16F3N5O2/c1-32-18(16-30)5-3-6-20-7-11-24(35-20)22-9-10-23(34(22)14-4-13-26(27,28)29)25-12-8-21(36-25)15-19(17-31)33-2/h3,5-12,15H,4,13-14H2/b6-3+,18-5-,19-15+. The van der Waals surface area contributed by atoms with Gasteiger partial charge in [0.1, 0.15) is 11.5 Å². The summed E-state index contributed by atoms with van der Waals surface area (Å²) in [4.78, 5) is 6.13. The number of rotatable bonds is 8. The van der Waals surface area contributed by atoms with Crippen LogP contribution >= 0.6 is 0 Å². The van der Waals surface area contributed by atoms with E-state index in [9.17, 15) is 13.2 Å². The van der Waals surface area contributed by atoms with Crippen LogP contribution in [0.3, 0.4) is 0 Å². The van der Waals surface area contributed by atoms with Gasteiger partial charge in [0, 0.05) is 13.0 Å². The number of furan rings is 2. The predicted molar refractivity (Wildman–Crippen MR) is 125 cm³/mol. The van der Waals surface area contributed by atoms with E-state index in [0.717, 1.165) is 0 Å². The molecule has 7 nitrogen and oxygen atoms in total. The zero-order valence-electron chi connectivity index (χ0n) is 18.6. The van der Waals surface area contributed by atoms with Crippen LogP contribution < -0.4 is 0 Å². The zero-order valence-corrected chi connectivity index (χ0v) is 18.6. The van der Waals surface area contributed by atoms with Crippen LogP contribution in [0.1, 0.15) is 24.4 Å². The zero-order chi connectivity index (χ0) is 26.1. The van der Waals surface area contributed by atoms with Gasteiger partial charge in [-0.05, 0) is 61.0 Å². The maximum Gasteiger partial charge on any atom is 0.389 e. The summed E-state index contributed by atoms with van der Waals surface area (Å²) < 4.78 is 51.6. The van der Waals surface area contributed by atoms with Crippen molar-refractivity contribution in [2.45, 2.75) is 25.6 Å². The lowest BCUT2D eigenvalue weighted by Crippen LogP contribution is -2.10. The van der Waals surface area contributed by atoms with Crippen LogP contribution in [-0.2, 0) is 6.54 Å². The third-order valence-electron chi connectivity index (χ3n) is 4.84. The minimum absolute atomic E-state index is 0.0275. The Labute approximate surface area is 204 Å². The minimum atomic E-state index is -4.30. The summed E-state index contributed by atoms with van der Waals surface area (Å²) in [5.41, 5.74) is 0.766. The number of aromatic nitrogens is 1. The van der Waals surface area contributed by atoms with E-state index in [2.05, 4.69) is 9.69 Å². The molecule has 3 heterocycles. The van der Waals surface area contributed by atoms with Crippen molar-refractivity contribution in [3.05, 3.63) is 94.3 Å². The fraction of sp³-hybridized carbons (Fsp3) is 0.154. The molecule has 0 atom stereocenters. The van der Waals surface area contributed by atoms with Crippen molar-refractivity contribution in [1.29, 1.82) is 10.5 Å². The number of allylic oxidation sites excluding steroid dienone is 4. The van der Waals surface area contributed by atoms with E-state index in [1.54, 1.807) is 59.2 Å². The van der Waals surface area contributed by atoms with Gasteiger partial charge in [-0.1, -0.05) is 6.08 Å². The van der Waals surface area contributed by atoms with Crippen molar-refractivity contribution < 1.29 is 22.0 Å². The van der Waals surface area contributed by atoms with Gasteiger partial charge in [-0.2, -0.15) is 13.2 Å². The average molecular weight is 487 g/mol. The van der Waals surface area contributed by atoms with Gasteiger partial charge in [0.05, 0.1) is 36.7 Å². The molecule has 3 aromatic heterocycles. The van der Waals surface area contributed by atoms with Gasteiger partial charge >= 0.3 is 6.18 Å². The van der Waals surface area contributed by atoms with Crippen molar-refractivity contribution in [2.24, 2.45) is 0 Å². The highest BCUT2D eigenvalue weighted by Crippen LogP contribution is 2.33. The first-order chi connectivity index (χ1) is 17.3. The first-order valence-corrected chi connectivity index (χ1v) is 10.4. The van der Waals surface area contributed by atoms with Gasteiger partial charge in [0.15, 0.2) is 11.5 Å². The highest BCUT2D eigenvalue weighted by atomic mass is 19.4. The van der Waals surface area contributed by atoms with Crippen LogP contribution in [0.5, 0.6) is 0 Å². The van der Waals surface area contributed by atoms with Crippen LogP contribution in [0, 0.1) is 35.8 Å². The molecule has 10 heteroatoms. The number of nitriles is 2. The Morgan fingerprint density at radius 2 is 1.50 bits per heavy atom. The predicted octanol–water partition coefficient (Wildman–Crippen LogP) is 7.47. The second-order valence-corrected chi connectivity index (χ2v) is 7.27. The lowest BCUT2D eigenvalue weighted by molar-refractivity contribution is -0.135. The summed E-state index contributed by atoms with van der Waals surface area (Å²) in [6, 6.07) is 13.3. The molecule has 3 rings (SSSR count). The second kappa shape index (κ2) is 11.3. The Balaban J connectivity index is 1.96. The summed E-state index contributed by atoms with van der Waals surface area (Å²) in [5.74, 6) is 1.43. The van der Waals surface area contributed by atoms with Crippen molar-refractivity contribution in [3.63, 3.8) is 0 Å². The van der Waals surface area contributed by atoms with E-state index in [1.165, 1.54) is 18.2 Å². The molecule has 0 radical (unpaired) electrons.